The molecule has 0 bridgehead atoms. The lowest BCUT2D eigenvalue weighted by atomic mass is 10.2. The zero-order valence-electron chi connectivity index (χ0n) is 6.48. The predicted molar refractivity (Wildman–Crippen MR) is 59.0 cm³/mol. The Morgan fingerprint density at radius 2 is 2.15 bits per heavy atom. The molecule has 0 aliphatic rings. The van der Waals surface area contributed by atoms with Crippen molar-refractivity contribution in [1.29, 1.82) is 0 Å². The molecule has 0 fully saturated rings. The Balaban J connectivity index is 2.72. The summed E-state index contributed by atoms with van der Waals surface area (Å²) in [6, 6.07) is 5.22. The smallest absolute Gasteiger partial charge is 0.128 e. The molecule has 0 amide bonds. The van der Waals surface area contributed by atoms with E-state index in [0.29, 0.717) is 5.56 Å². The van der Waals surface area contributed by atoms with Crippen LogP contribution in [0.3, 0.4) is 0 Å². The summed E-state index contributed by atoms with van der Waals surface area (Å²) in [5.74, 6) is -0.00935. The van der Waals surface area contributed by atoms with E-state index in [4.69, 9.17) is 11.6 Å². The summed E-state index contributed by atoms with van der Waals surface area (Å²) in [6.45, 7) is 0. The van der Waals surface area contributed by atoms with Crippen molar-refractivity contribution in [2.75, 3.05) is 0 Å². The summed E-state index contributed by atoms with van der Waals surface area (Å²) in [5.41, 5.74) is 0.559. The van der Waals surface area contributed by atoms with Crippen LogP contribution in [0.25, 0.3) is 10.1 Å². The molecule has 0 saturated heterocycles. The molecule has 0 saturated carbocycles. The highest BCUT2D eigenvalue weighted by Gasteiger charge is 2.05. The van der Waals surface area contributed by atoms with Crippen LogP contribution in [0.5, 0.6) is 0 Å². The van der Waals surface area contributed by atoms with Gasteiger partial charge in [0.25, 0.3) is 0 Å². The Bertz CT molecular complexity index is 452. The SMILES string of the molecule is Fc1cc2cc(Br)sc2cc1CCl. The molecule has 0 aliphatic carbocycles. The topological polar surface area (TPSA) is 0 Å². The molecule has 1 heterocycles. The highest BCUT2D eigenvalue weighted by Crippen LogP contribution is 2.31. The Kier molecular flexibility index (Phi) is 2.58. The maximum atomic E-state index is 13.2. The minimum absolute atomic E-state index is 0.220. The van der Waals surface area contributed by atoms with E-state index in [1.54, 1.807) is 17.4 Å². The number of thiophene rings is 1. The Morgan fingerprint density at radius 1 is 1.38 bits per heavy atom. The van der Waals surface area contributed by atoms with Crippen LogP contribution in [0.1, 0.15) is 5.56 Å². The average molecular weight is 280 g/mol. The molecule has 1 aromatic carbocycles. The van der Waals surface area contributed by atoms with Crippen LogP contribution >= 0.6 is 38.9 Å². The molecule has 2 rings (SSSR count). The van der Waals surface area contributed by atoms with Crippen LogP contribution < -0.4 is 0 Å². The van der Waals surface area contributed by atoms with Crippen molar-refractivity contribution in [1.82, 2.24) is 0 Å². The lowest BCUT2D eigenvalue weighted by Crippen LogP contribution is -1.83. The van der Waals surface area contributed by atoms with Crippen molar-refractivity contribution in [3.05, 3.63) is 33.4 Å². The van der Waals surface area contributed by atoms with E-state index in [-0.39, 0.29) is 11.7 Å². The molecule has 2 aromatic rings. The van der Waals surface area contributed by atoms with Gasteiger partial charge >= 0.3 is 0 Å². The van der Waals surface area contributed by atoms with Crippen LogP contribution in [0.4, 0.5) is 4.39 Å². The van der Waals surface area contributed by atoms with Gasteiger partial charge in [0.1, 0.15) is 5.82 Å². The zero-order chi connectivity index (χ0) is 9.42. The third-order valence-corrected chi connectivity index (χ3v) is 3.69. The standard InChI is InChI=1S/C9H5BrClFS/c10-9-3-5-1-7(12)6(4-11)2-8(5)13-9/h1-3H,4H2. The van der Waals surface area contributed by atoms with Crippen molar-refractivity contribution in [3.63, 3.8) is 0 Å². The van der Waals surface area contributed by atoms with Gasteiger partial charge in [-0.05, 0) is 39.5 Å². The van der Waals surface area contributed by atoms with Gasteiger partial charge in [0, 0.05) is 10.3 Å². The van der Waals surface area contributed by atoms with Crippen LogP contribution in [-0.2, 0) is 5.88 Å². The molecule has 1 aromatic heterocycles. The third kappa shape index (κ3) is 1.73. The summed E-state index contributed by atoms with van der Waals surface area (Å²) >= 11 is 10.5. The highest BCUT2D eigenvalue weighted by atomic mass is 79.9. The number of alkyl halides is 1. The molecular formula is C9H5BrClFS. The summed E-state index contributed by atoms with van der Waals surface area (Å²) < 4.78 is 15.3. The number of benzene rings is 1. The molecule has 13 heavy (non-hydrogen) atoms. The van der Waals surface area contributed by atoms with Gasteiger partial charge in [0.2, 0.25) is 0 Å². The van der Waals surface area contributed by atoms with Gasteiger partial charge < -0.3 is 0 Å². The van der Waals surface area contributed by atoms with Crippen LogP contribution in [0, 0.1) is 5.82 Å². The first-order valence-corrected chi connectivity index (χ1v) is 5.78. The number of halogens is 3. The lowest BCUT2D eigenvalue weighted by molar-refractivity contribution is 0.619. The van der Waals surface area contributed by atoms with Gasteiger partial charge in [-0.3, -0.25) is 0 Å². The fraction of sp³-hybridized carbons (Fsp3) is 0.111. The molecule has 0 spiro atoms. The number of hydrogen-bond acceptors (Lipinski definition) is 1. The number of fused-ring (bicyclic) bond motifs is 1. The molecule has 0 radical (unpaired) electrons. The van der Waals surface area contributed by atoms with Gasteiger partial charge in [0.05, 0.1) is 9.67 Å². The first-order chi connectivity index (χ1) is 6.20. The summed E-state index contributed by atoms with van der Waals surface area (Å²) in [4.78, 5) is 0. The van der Waals surface area contributed by atoms with Crippen molar-refractivity contribution >= 4 is 49.0 Å². The second-order valence-electron chi connectivity index (χ2n) is 2.67. The van der Waals surface area contributed by atoms with Gasteiger partial charge in [-0.1, -0.05) is 0 Å². The Labute approximate surface area is 92.5 Å². The van der Waals surface area contributed by atoms with Gasteiger partial charge in [-0.25, -0.2) is 4.39 Å². The summed E-state index contributed by atoms with van der Waals surface area (Å²) in [7, 11) is 0. The molecule has 0 N–H and O–H groups in total. The normalized spacial score (nSPS) is 11.0. The summed E-state index contributed by atoms with van der Waals surface area (Å²) in [5, 5.41) is 0.920. The minimum atomic E-state index is -0.229. The monoisotopic (exact) mass is 278 g/mol. The molecule has 68 valence electrons. The van der Waals surface area contributed by atoms with Crippen molar-refractivity contribution in [2.45, 2.75) is 5.88 Å². The Morgan fingerprint density at radius 3 is 2.85 bits per heavy atom. The predicted octanol–water partition coefficient (Wildman–Crippen LogP) is 4.54. The molecule has 0 nitrogen and oxygen atoms in total. The molecule has 4 heteroatoms. The molecule has 0 atom stereocenters. The van der Waals surface area contributed by atoms with Crippen LogP contribution in [-0.4, -0.2) is 0 Å². The van der Waals surface area contributed by atoms with Gasteiger partial charge in [-0.2, -0.15) is 0 Å². The fourth-order valence-corrected chi connectivity index (χ4v) is 2.98. The molecule has 0 aliphatic heterocycles. The van der Waals surface area contributed by atoms with E-state index < -0.39 is 0 Å². The van der Waals surface area contributed by atoms with Crippen molar-refractivity contribution < 1.29 is 4.39 Å². The number of rotatable bonds is 1. The second-order valence-corrected chi connectivity index (χ2v) is 5.40. The van der Waals surface area contributed by atoms with Crippen molar-refractivity contribution in [3.8, 4) is 0 Å². The quantitative estimate of drug-likeness (QED) is 0.672. The van der Waals surface area contributed by atoms with E-state index in [1.807, 2.05) is 6.07 Å². The lowest BCUT2D eigenvalue weighted by Gasteiger charge is -1.97. The largest absolute Gasteiger partial charge is 0.207 e. The van der Waals surface area contributed by atoms with E-state index in [1.165, 1.54) is 6.07 Å². The zero-order valence-corrected chi connectivity index (χ0v) is 9.64. The number of hydrogen-bond donors (Lipinski definition) is 0. The van der Waals surface area contributed by atoms with Gasteiger partial charge in [-0.15, -0.1) is 22.9 Å². The van der Waals surface area contributed by atoms with Crippen LogP contribution in [0.15, 0.2) is 22.0 Å². The molecule has 0 unspecified atom stereocenters. The highest BCUT2D eigenvalue weighted by molar-refractivity contribution is 9.11. The third-order valence-electron chi connectivity index (χ3n) is 1.80. The maximum Gasteiger partial charge on any atom is 0.128 e. The first-order valence-electron chi connectivity index (χ1n) is 3.64. The maximum absolute atomic E-state index is 13.2. The van der Waals surface area contributed by atoms with E-state index >= 15 is 0 Å². The average Bonchev–Trinajstić information content (AvgIpc) is 2.42. The fourth-order valence-electron chi connectivity index (χ4n) is 1.17. The van der Waals surface area contributed by atoms with E-state index in [0.717, 1.165) is 13.9 Å². The second kappa shape index (κ2) is 3.56. The minimum Gasteiger partial charge on any atom is -0.207 e. The molecular weight excluding hydrogens is 275 g/mol. The van der Waals surface area contributed by atoms with Crippen molar-refractivity contribution in [2.24, 2.45) is 0 Å². The van der Waals surface area contributed by atoms with Crippen LogP contribution in [0.2, 0.25) is 0 Å². The van der Waals surface area contributed by atoms with E-state index in [9.17, 15) is 4.39 Å². The Hall–Kier alpha value is -0.120. The summed E-state index contributed by atoms with van der Waals surface area (Å²) in [6.07, 6.45) is 0. The van der Waals surface area contributed by atoms with Gasteiger partial charge in [0.15, 0.2) is 0 Å². The van der Waals surface area contributed by atoms with E-state index in [2.05, 4.69) is 15.9 Å². The first kappa shape index (κ1) is 9.44.